The Bertz CT molecular complexity index is 507. The van der Waals surface area contributed by atoms with Gasteiger partial charge in [-0.3, -0.25) is 10.2 Å². The first-order valence-electron chi connectivity index (χ1n) is 5.88. The normalized spacial score (nSPS) is 13.7. The van der Waals surface area contributed by atoms with Crippen LogP contribution in [0.3, 0.4) is 0 Å². The van der Waals surface area contributed by atoms with Gasteiger partial charge in [-0.2, -0.15) is 5.53 Å². The molecule has 2 rings (SSSR count). The zero-order valence-corrected chi connectivity index (χ0v) is 10.2. The summed E-state index contributed by atoms with van der Waals surface area (Å²) in [6.07, 6.45) is 3.24. The fourth-order valence-corrected chi connectivity index (χ4v) is 2.02. The van der Waals surface area contributed by atoms with Crippen LogP contribution in [0.25, 0.3) is 0 Å². The topological polar surface area (TPSA) is 92.4 Å². The number of amides is 1. The van der Waals surface area contributed by atoms with E-state index < -0.39 is 0 Å². The van der Waals surface area contributed by atoms with Gasteiger partial charge in [-0.25, -0.2) is 9.40 Å². The first-order chi connectivity index (χ1) is 9.22. The van der Waals surface area contributed by atoms with Gasteiger partial charge in [0.25, 0.3) is 0 Å². The summed E-state index contributed by atoms with van der Waals surface area (Å²) < 4.78 is 14.4. The molecule has 1 aromatic rings. The molecule has 0 spiro atoms. The Morgan fingerprint density at radius 2 is 2.26 bits per heavy atom. The van der Waals surface area contributed by atoms with E-state index in [9.17, 15) is 9.18 Å². The molecular weight excluding hydrogens is 249 g/mol. The van der Waals surface area contributed by atoms with Crippen LogP contribution in [0, 0.1) is 16.8 Å². The van der Waals surface area contributed by atoms with Gasteiger partial charge in [0, 0.05) is 12.1 Å². The zero-order valence-electron chi connectivity index (χ0n) is 10.2. The van der Waals surface area contributed by atoms with E-state index in [1.165, 1.54) is 0 Å². The average Bonchev–Trinajstić information content (AvgIpc) is 3.24. The lowest BCUT2D eigenvalue weighted by Gasteiger charge is -2.17. The Labute approximate surface area is 109 Å². The van der Waals surface area contributed by atoms with Crippen LogP contribution in [-0.2, 0) is 11.3 Å². The van der Waals surface area contributed by atoms with Crippen molar-refractivity contribution in [2.45, 2.75) is 25.3 Å². The number of hydrogen-bond acceptors (Lipinski definition) is 4. The molecule has 100 valence electrons. The summed E-state index contributed by atoms with van der Waals surface area (Å²) in [5.74, 6) is -0.143. The maximum Gasteiger partial charge on any atom is 0.207 e. The van der Waals surface area contributed by atoms with Crippen LogP contribution in [0.4, 0.5) is 10.1 Å². The van der Waals surface area contributed by atoms with Gasteiger partial charge in [-0.1, -0.05) is 11.3 Å². The fourth-order valence-electron chi connectivity index (χ4n) is 2.02. The van der Waals surface area contributed by atoms with E-state index >= 15 is 0 Å². The molecule has 7 heteroatoms. The van der Waals surface area contributed by atoms with Crippen LogP contribution in [0.2, 0.25) is 0 Å². The number of benzene rings is 1. The van der Waals surface area contributed by atoms with Gasteiger partial charge in [0.1, 0.15) is 12.2 Å². The number of anilines is 1. The Morgan fingerprint density at radius 3 is 2.79 bits per heavy atom. The molecule has 1 amide bonds. The third-order valence-corrected chi connectivity index (χ3v) is 3.10. The number of hydrogen-bond donors (Lipinski definition) is 3. The third kappa shape index (κ3) is 2.59. The first-order valence-corrected chi connectivity index (χ1v) is 5.88. The smallest absolute Gasteiger partial charge is 0.207 e. The molecular formula is C12H14FN5O. The first kappa shape index (κ1) is 13.1. The Kier molecular flexibility index (Phi) is 3.84. The van der Waals surface area contributed by atoms with Gasteiger partial charge >= 0.3 is 0 Å². The average molecular weight is 263 g/mol. The lowest BCUT2D eigenvalue weighted by atomic mass is 10.0. The second-order valence-corrected chi connectivity index (χ2v) is 4.31. The molecule has 3 N–H and O–H groups in total. The van der Waals surface area contributed by atoms with Crippen molar-refractivity contribution in [3.05, 3.63) is 29.1 Å². The van der Waals surface area contributed by atoms with Crippen molar-refractivity contribution < 1.29 is 9.18 Å². The SMILES string of the molecule is N=CN(N=N)c1ccc(C2CC2)c(F)c1CNC=O. The van der Waals surface area contributed by atoms with E-state index in [0.717, 1.165) is 24.2 Å². The van der Waals surface area contributed by atoms with Crippen molar-refractivity contribution >= 4 is 18.4 Å². The lowest BCUT2D eigenvalue weighted by molar-refractivity contribution is -0.109. The number of carbonyl (C=O) groups is 1. The van der Waals surface area contributed by atoms with Crippen molar-refractivity contribution in [2.24, 2.45) is 5.22 Å². The van der Waals surface area contributed by atoms with E-state index in [2.05, 4.69) is 10.5 Å². The van der Waals surface area contributed by atoms with Crippen LogP contribution in [0.5, 0.6) is 0 Å². The largest absolute Gasteiger partial charge is 0.354 e. The van der Waals surface area contributed by atoms with Gasteiger partial charge in [0.15, 0.2) is 0 Å². The molecule has 0 aromatic heterocycles. The Morgan fingerprint density at radius 1 is 1.53 bits per heavy atom. The minimum atomic E-state index is -0.384. The van der Waals surface area contributed by atoms with Crippen molar-refractivity contribution in [1.82, 2.24) is 5.32 Å². The molecule has 6 nitrogen and oxygen atoms in total. The molecule has 19 heavy (non-hydrogen) atoms. The van der Waals surface area contributed by atoms with Crippen molar-refractivity contribution in [3.8, 4) is 0 Å². The number of rotatable bonds is 7. The predicted octanol–water partition coefficient (Wildman–Crippen LogP) is 2.31. The summed E-state index contributed by atoms with van der Waals surface area (Å²) in [6.45, 7) is 0.00505. The van der Waals surface area contributed by atoms with E-state index in [-0.39, 0.29) is 23.8 Å². The summed E-state index contributed by atoms with van der Waals surface area (Å²) in [5, 5.41) is 13.7. The quantitative estimate of drug-likeness (QED) is 0.231. The highest BCUT2D eigenvalue weighted by atomic mass is 19.1. The van der Waals surface area contributed by atoms with Crippen LogP contribution in [-0.4, -0.2) is 12.7 Å². The standard InChI is InChI=1S/C12H14FN5O/c13-12-9(8-1-2-8)3-4-11(18(6-14)17-15)10(12)5-16-7-19/h3-4,6-8,14-15H,1-2,5H2,(H,16,19). The molecule has 0 unspecified atom stereocenters. The van der Waals surface area contributed by atoms with Crippen molar-refractivity contribution in [2.75, 3.05) is 5.01 Å². The third-order valence-electron chi connectivity index (χ3n) is 3.10. The molecule has 1 aliphatic rings. The number of halogens is 1. The number of nitrogens with zero attached hydrogens (tertiary/aromatic N) is 2. The molecule has 1 fully saturated rings. The summed E-state index contributed by atoms with van der Waals surface area (Å²) in [6, 6.07) is 3.29. The zero-order chi connectivity index (χ0) is 13.8. The summed E-state index contributed by atoms with van der Waals surface area (Å²) in [4.78, 5) is 10.4. The van der Waals surface area contributed by atoms with Gasteiger partial charge in [0.05, 0.1) is 5.69 Å². The molecule has 0 atom stereocenters. The second kappa shape index (κ2) is 5.55. The molecule has 0 aliphatic heterocycles. The molecule has 0 bridgehead atoms. The van der Waals surface area contributed by atoms with Crippen LogP contribution >= 0.6 is 0 Å². The molecule has 1 aliphatic carbocycles. The molecule has 1 saturated carbocycles. The fraction of sp³-hybridized carbons (Fsp3) is 0.333. The number of carbonyl (C=O) groups excluding carboxylic acids is 1. The highest BCUT2D eigenvalue weighted by Crippen LogP contribution is 2.43. The minimum Gasteiger partial charge on any atom is -0.354 e. The highest BCUT2D eigenvalue weighted by molar-refractivity contribution is 5.78. The highest BCUT2D eigenvalue weighted by Gasteiger charge is 2.29. The predicted molar refractivity (Wildman–Crippen MR) is 67.7 cm³/mol. The van der Waals surface area contributed by atoms with E-state index in [0.29, 0.717) is 17.7 Å². The van der Waals surface area contributed by atoms with Gasteiger partial charge in [-0.15, -0.1) is 0 Å². The molecule has 0 radical (unpaired) electrons. The van der Waals surface area contributed by atoms with Gasteiger partial charge in [0.2, 0.25) is 6.41 Å². The van der Waals surface area contributed by atoms with E-state index in [1.54, 1.807) is 12.1 Å². The lowest BCUT2D eigenvalue weighted by Crippen LogP contribution is -2.19. The van der Waals surface area contributed by atoms with Crippen molar-refractivity contribution in [3.63, 3.8) is 0 Å². The Balaban J connectivity index is 2.45. The Hall–Kier alpha value is -2.31. The molecule has 0 saturated heterocycles. The maximum absolute atomic E-state index is 14.4. The summed E-state index contributed by atoms with van der Waals surface area (Å²) >= 11 is 0. The van der Waals surface area contributed by atoms with Crippen molar-refractivity contribution in [1.29, 1.82) is 10.9 Å². The molecule has 1 aromatic carbocycles. The number of nitrogens with one attached hydrogen (secondary N) is 3. The summed E-state index contributed by atoms with van der Waals surface area (Å²) in [5.41, 5.74) is 8.14. The van der Waals surface area contributed by atoms with Gasteiger partial charge < -0.3 is 5.32 Å². The molecule has 0 heterocycles. The van der Waals surface area contributed by atoms with Crippen LogP contribution in [0.15, 0.2) is 17.4 Å². The second-order valence-electron chi connectivity index (χ2n) is 4.31. The van der Waals surface area contributed by atoms with E-state index in [1.807, 2.05) is 0 Å². The van der Waals surface area contributed by atoms with E-state index in [4.69, 9.17) is 10.9 Å². The monoisotopic (exact) mass is 263 g/mol. The van der Waals surface area contributed by atoms with Crippen LogP contribution < -0.4 is 10.3 Å². The minimum absolute atomic E-state index is 0.00505. The maximum atomic E-state index is 14.4. The van der Waals surface area contributed by atoms with Crippen LogP contribution in [0.1, 0.15) is 29.9 Å². The summed E-state index contributed by atoms with van der Waals surface area (Å²) in [7, 11) is 0. The van der Waals surface area contributed by atoms with Gasteiger partial charge in [-0.05, 0) is 30.4 Å².